The van der Waals surface area contributed by atoms with E-state index in [0.29, 0.717) is 6.54 Å². The molecule has 6 nitrogen and oxygen atoms in total. The lowest BCUT2D eigenvalue weighted by molar-refractivity contribution is 0.0268. The minimum Gasteiger partial charge on any atom is -0.493 e. The lowest BCUT2D eigenvalue weighted by Gasteiger charge is -2.29. The molecule has 0 aliphatic heterocycles. The zero-order valence-corrected chi connectivity index (χ0v) is 19.6. The van der Waals surface area contributed by atoms with Crippen LogP contribution in [0, 0.1) is 0 Å². The second-order valence-electron chi connectivity index (χ2n) is 7.20. The van der Waals surface area contributed by atoms with Crippen molar-refractivity contribution < 1.29 is 14.2 Å². The van der Waals surface area contributed by atoms with Crippen molar-refractivity contribution in [3.63, 3.8) is 0 Å². The molecule has 1 aromatic rings. The van der Waals surface area contributed by atoms with E-state index < -0.39 is 0 Å². The summed E-state index contributed by atoms with van der Waals surface area (Å²) < 4.78 is 16.1. The van der Waals surface area contributed by atoms with Gasteiger partial charge in [-0.1, -0.05) is 19.9 Å². The summed E-state index contributed by atoms with van der Waals surface area (Å²) in [6.07, 6.45) is 0. The number of nitrogens with zero attached hydrogens (tertiary/aromatic N) is 1. The number of hydrogen-bond donors (Lipinski definition) is 2. The van der Waals surface area contributed by atoms with Gasteiger partial charge >= 0.3 is 0 Å². The maximum atomic E-state index is 5.42. The molecule has 0 aliphatic carbocycles. The molecule has 0 aromatic heterocycles. The molecule has 0 saturated heterocycles. The fraction of sp³-hybridized carbons (Fsp3) is 0.632. The molecule has 0 bridgehead atoms. The Morgan fingerprint density at radius 1 is 0.962 bits per heavy atom. The first-order chi connectivity index (χ1) is 11.7. The zero-order valence-electron chi connectivity index (χ0n) is 17.2. The molecule has 26 heavy (non-hydrogen) atoms. The topological polar surface area (TPSA) is 64.1 Å². The third kappa shape index (κ3) is 7.19. The molecule has 0 atom stereocenters. The minimum atomic E-state index is -0.253. The lowest BCUT2D eigenvalue weighted by Crippen LogP contribution is -2.48. The summed E-state index contributed by atoms with van der Waals surface area (Å²) in [4.78, 5) is 4.28. The number of benzene rings is 1. The van der Waals surface area contributed by atoms with Crippen LogP contribution in [-0.2, 0) is 10.2 Å². The monoisotopic (exact) mass is 479 g/mol. The molecule has 0 unspecified atom stereocenters. The largest absolute Gasteiger partial charge is 0.493 e. The second-order valence-corrected chi connectivity index (χ2v) is 7.20. The Hall–Kier alpha value is -1.22. The normalized spacial score (nSPS) is 12.2. The van der Waals surface area contributed by atoms with Crippen molar-refractivity contribution in [2.24, 2.45) is 4.99 Å². The number of rotatable bonds is 8. The maximum absolute atomic E-state index is 5.42. The van der Waals surface area contributed by atoms with Gasteiger partial charge in [-0.05, 0) is 31.5 Å². The van der Waals surface area contributed by atoms with E-state index in [0.717, 1.165) is 29.6 Å². The fourth-order valence-electron chi connectivity index (χ4n) is 2.25. The molecule has 0 fully saturated rings. The van der Waals surface area contributed by atoms with Gasteiger partial charge < -0.3 is 24.8 Å². The summed E-state index contributed by atoms with van der Waals surface area (Å²) >= 11 is 0. The second kappa shape index (κ2) is 10.8. The van der Waals surface area contributed by atoms with Crippen LogP contribution in [0.5, 0.6) is 11.5 Å². The number of guanidine groups is 1. The van der Waals surface area contributed by atoms with E-state index >= 15 is 0 Å². The number of hydrogen-bond acceptors (Lipinski definition) is 4. The Morgan fingerprint density at radius 3 is 2.04 bits per heavy atom. The van der Waals surface area contributed by atoms with E-state index in [-0.39, 0.29) is 35.0 Å². The van der Waals surface area contributed by atoms with Crippen molar-refractivity contribution in [2.45, 2.75) is 38.7 Å². The first-order valence-corrected chi connectivity index (χ1v) is 8.41. The number of nitrogens with one attached hydrogen (secondary N) is 2. The summed E-state index contributed by atoms with van der Waals surface area (Å²) in [5, 5.41) is 6.68. The van der Waals surface area contributed by atoms with Gasteiger partial charge in [0.25, 0.3) is 0 Å². The molecule has 0 saturated carbocycles. The van der Waals surface area contributed by atoms with E-state index in [1.807, 2.05) is 26.0 Å². The molecule has 0 spiro atoms. The van der Waals surface area contributed by atoms with Crippen molar-refractivity contribution in [1.29, 1.82) is 0 Å². The summed E-state index contributed by atoms with van der Waals surface area (Å²) in [7, 11) is 6.76. The molecule has 0 radical (unpaired) electrons. The fourth-order valence-corrected chi connectivity index (χ4v) is 2.25. The SMILES string of the molecule is CN=C(NCC(C)(C)OC)NCC(C)(C)c1ccc(OC)c(OC)c1.I. The summed E-state index contributed by atoms with van der Waals surface area (Å²) in [6.45, 7) is 9.79. The zero-order chi connectivity index (χ0) is 19.1. The van der Waals surface area contributed by atoms with E-state index in [9.17, 15) is 0 Å². The highest BCUT2D eigenvalue weighted by molar-refractivity contribution is 14.0. The van der Waals surface area contributed by atoms with Crippen LogP contribution in [-0.4, -0.2) is 53.0 Å². The highest BCUT2D eigenvalue weighted by Gasteiger charge is 2.23. The van der Waals surface area contributed by atoms with Crippen LogP contribution in [0.15, 0.2) is 23.2 Å². The van der Waals surface area contributed by atoms with Crippen LogP contribution in [0.3, 0.4) is 0 Å². The van der Waals surface area contributed by atoms with E-state index in [1.165, 1.54) is 0 Å². The van der Waals surface area contributed by atoms with Crippen molar-refractivity contribution in [3.05, 3.63) is 23.8 Å². The van der Waals surface area contributed by atoms with Crippen molar-refractivity contribution >= 4 is 29.9 Å². The molecule has 7 heteroatoms. The van der Waals surface area contributed by atoms with Gasteiger partial charge in [0.1, 0.15) is 0 Å². The quantitative estimate of drug-likeness (QED) is 0.341. The average molecular weight is 479 g/mol. The highest BCUT2D eigenvalue weighted by atomic mass is 127. The Kier molecular flexibility index (Phi) is 10.3. The van der Waals surface area contributed by atoms with Gasteiger partial charge in [0.05, 0.1) is 19.8 Å². The van der Waals surface area contributed by atoms with Crippen LogP contribution < -0.4 is 20.1 Å². The van der Waals surface area contributed by atoms with Gasteiger partial charge in [0.2, 0.25) is 0 Å². The van der Waals surface area contributed by atoms with Gasteiger partial charge in [-0.15, -0.1) is 24.0 Å². The predicted octanol–water partition coefficient (Wildman–Crippen LogP) is 3.19. The summed E-state index contributed by atoms with van der Waals surface area (Å²) in [5.74, 6) is 2.21. The molecule has 0 amide bonds. The number of halogens is 1. The van der Waals surface area contributed by atoms with Gasteiger partial charge in [0, 0.05) is 32.7 Å². The third-order valence-corrected chi connectivity index (χ3v) is 4.32. The molecule has 1 aromatic carbocycles. The van der Waals surface area contributed by atoms with Crippen molar-refractivity contribution in [3.8, 4) is 11.5 Å². The van der Waals surface area contributed by atoms with Crippen molar-refractivity contribution in [2.75, 3.05) is 41.5 Å². The van der Waals surface area contributed by atoms with E-state index in [4.69, 9.17) is 14.2 Å². The Bertz CT molecular complexity index is 589. The third-order valence-electron chi connectivity index (χ3n) is 4.32. The van der Waals surface area contributed by atoms with Crippen LogP contribution in [0.4, 0.5) is 0 Å². The Morgan fingerprint density at radius 2 is 1.54 bits per heavy atom. The van der Waals surface area contributed by atoms with Crippen molar-refractivity contribution in [1.82, 2.24) is 10.6 Å². The Balaban J connectivity index is 0.00000625. The molecule has 1 rings (SSSR count). The summed E-state index contributed by atoms with van der Waals surface area (Å²) in [5.41, 5.74) is 0.787. The first kappa shape index (κ1) is 24.8. The average Bonchev–Trinajstić information content (AvgIpc) is 2.61. The van der Waals surface area contributed by atoms with Gasteiger partial charge in [-0.2, -0.15) is 0 Å². The summed E-state index contributed by atoms with van der Waals surface area (Å²) in [6, 6.07) is 6.02. The molecule has 150 valence electrons. The standard InChI is InChI=1S/C19H33N3O3.HI/c1-18(2,14-9-10-15(23-6)16(11-14)24-7)12-21-17(20-5)22-13-19(3,4)25-8;/h9-11H,12-13H2,1-8H3,(H2,20,21,22);1H. The maximum Gasteiger partial charge on any atom is 0.191 e. The van der Waals surface area contributed by atoms with Crippen LogP contribution in [0.2, 0.25) is 0 Å². The minimum absolute atomic E-state index is 0. The van der Waals surface area contributed by atoms with Gasteiger partial charge in [-0.25, -0.2) is 0 Å². The molecular formula is C19H34IN3O3. The number of methoxy groups -OCH3 is 3. The number of aliphatic imine (C=N–C) groups is 1. The van der Waals surface area contributed by atoms with Gasteiger partial charge in [0.15, 0.2) is 17.5 Å². The number of ether oxygens (including phenoxy) is 3. The Labute approximate surface area is 175 Å². The smallest absolute Gasteiger partial charge is 0.191 e. The molecule has 2 N–H and O–H groups in total. The predicted molar refractivity (Wildman–Crippen MR) is 118 cm³/mol. The first-order valence-electron chi connectivity index (χ1n) is 8.41. The molecule has 0 aliphatic rings. The molecular weight excluding hydrogens is 445 g/mol. The van der Waals surface area contributed by atoms with Crippen LogP contribution in [0.25, 0.3) is 0 Å². The lowest BCUT2D eigenvalue weighted by atomic mass is 9.84. The molecule has 0 heterocycles. The van der Waals surface area contributed by atoms with Gasteiger partial charge in [-0.3, -0.25) is 4.99 Å². The van der Waals surface area contributed by atoms with E-state index in [2.05, 4.69) is 35.5 Å². The van der Waals surface area contributed by atoms with Crippen LogP contribution in [0.1, 0.15) is 33.3 Å². The highest BCUT2D eigenvalue weighted by Crippen LogP contribution is 2.32. The van der Waals surface area contributed by atoms with E-state index in [1.54, 1.807) is 28.4 Å². The van der Waals surface area contributed by atoms with Crippen LogP contribution >= 0.6 is 24.0 Å².